The summed E-state index contributed by atoms with van der Waals surface area (Å²) in [6, 6.07) is 16.8. The first-order chi connectivity index (χ1) is 22.3. The third kappa shape index (κ3) is 7.69. The second kappa shape index (κ2) is 14.8. The number of aromatic nitrogens is 1. The number of pyridine rings is 1. The van der Waals surface area contributed by atoms with Crippen molar-refractivity contribution < 1.29 is 38.6 Å². The van der Waals surface area contributed by atoms with Crippen LogP contribution >= 0.6 is 0 Å². The molecule has 47 heavy (non-hydrogen) atoms. The van der Waals surface area contributed by atoms with E-state index in [4.69, 9.17) is 15.6 Å². The molecule has 1 fully saturated rings. The molecule has 0 bridgehead atoms. The zero-order valence-corrected chi connectivity index (χ0v) is 26.3. The molecule has 1 saturated heterocycles. The van der Waals surface area contributed by atoms with E-state index in [1.807, 2.05) is 44.2 Å². The molecule has 4 rings (SSSR count). The fraction of sp³-hybridized carbons (Fsp3) is 0.324. The number of imide groups is 1. The molecule has 1 aromatic heterocycles. The molecule has 2 heterocycles. The van der Waals surface area contributed by atoms with Crippen LogP contribution in [0, 0.1) is 5.92 Å². The molecular weight excluding hydrogens is 606 g/mol. The molecule has 3 atom stereocenters. The number of nitrogens with two attached hydrogens (primary N) is 1. The third-order valence-electron chi connectivity index (χ3n) is 7.86. The molecule has 1 aliphatic heterocycles. The van der Waals surface area contributed by atoms with Crippen LogP contribution in [0.25, 0.3) is 0 Å². The monoisotopic (exact) mass is 643 g/mol. The van der Waals surface area contributed by atoms with Crippen LogP contribution in [0.4, 0.5) is 10.5 Å². The lowest BCUT2D eigenvalue weighted by atomic mass is 9.90. The van der Waals surface area contributed by atoms with E-state index < -0.39 is 66.3 Å². The van der Waals surface area contributed by atoms with Crippen molar-refractivity contribution in [2.45, 2.75) is 57.8 Å². The summed E-state index contributed by atoms with van der Waals surface area (Å²) in [5.41, 5.74) is 5.55. The highest BCUT2D eigenvalue weighted by atomic mass is 16.6. The minimum atomic E-state index is -1.60. The van der Waals surface area contributed by atoms with E-state index in [0.29, 0.717) is 5.56 Å². The average Bonchev–Trinajstić information content (AvgIpc) is 3.23. The molecule has 3 aromatic rings. The van der Waals surface area contributed by atoms with Crippen LogP contribution < -0.4 is 10.6 Å². The summed E-state index contributed by atoms with van der Waals surface area (Å²) in [5, 5.41) is 8.93. The number of esters is 2. The van der Waals surface area contributed by atoms with Crippen molar-refractivity contribution in [3.05, 3.63) is 96.3 Å². The van der Waals surface area contributed by atoms with Gasteiger partial charge in [-0.25, -0.2) is 19.3 Å². The Kier molecular flexibility index (Phi) is 10.8. The maximum atomic E-state index is 14.5. The number of carbonyl (C=O) groups is 6. The van der Waals surface area contributed by atoms with Crippen molar-refractivity contribution in [3.8, 4) is 0 Å². The van der Waals surface area contributed by atoms with Gasteiger partial charge in [-0.15, -0.1) is 0 Å². The number of hydrogen-bond acceptors (Lipinski definition) is 9. The molecule has 0 spiro atoms. The summed E-state index contributed by atoms with van der Waals surface area (Å²) < 4.78 is 4.80. The van der Waals surface area contributed by atoms with Gasteiger partial charge in [0.25, 0.3) is 11.8 Å². The summed E-state index contributed by atoms with van der Waals surface area (Å²) in [6.07, 6.45) is 2.33. The second-order valence-corrected chi connectivity index (χ2v) is 11.7. The SMILES string of the molecule is CC(C)C[C@H](C(=O)N(CC(=O)OC(=O)[C@@H](N)CC(=O)O)c1ccccc1)N1C(=O)N(Cc2ccccc2)[C@](C)(c2ccncc2)C1=O. The fourth-order valence-electron chi connectivity index (χ4n) is 5.45. The number of nitrogens with zero attached hydrogens (tertiary/aromatic N) is 4. The summed E-state index contributed by atoms with van der Waals surface area (Å²) in [6.45, 7) is 4.57. The first-order valence-electron chi connectivity index (χ1n) is 15.0. The highest BCUT2D eigenvalue weighted by Crippen LogP contribution is 2.40. The van der Waals surface area contributed by atoms with E-state index in [-0.39, 0.29) is 24.6 Å². The molecule has 3 N–H and O–H groups in total. The molecule has 13 nitrogen and oxygen atoms in total. The standard InChI is InChI=1S/C34H37N5O8/c1-22(2)18-27(30(43)37(25-12-8-5-9-13-25)21-29(42)47-31(44)26(35)19-28(40)41)39-32(45)34(3,24-14-16-36-17-15-24)38(33(39)46)20-23-10-6-4-7-11-23/h4-17,22,26-27H,18-21,35H2,1-3H3,(H,40,41)/t26-,27+,34+/m0/s1. The number of amides is 4. The van der Waals surface area contributed by atoms with Gasteiger partial charge < -0.3 is 20.5 Å². The molecule has 4 amide bonds. The lowest BCUT2D eigenvalue weighted by Gasteiger charge is -2.32. The Morgan fingerprint density at radius 2 is 1.55 bits per heavy atom. The molecule has 1 aliphatic rings. The Bertz CT molecular complexity index is 1620. The van der Waals surface area contributed by atoms with E-state index in [0.717, 1.165) is 15.4 Å². The Morgan fingerprint density at radius 3 is 2.13 bits per heavy atom. The first kappa shape index (κ1) is 34.4. The Labute approximate surface area is 271 Å². The summed E-state index contributed by atoms with van der Waals surface area (Å²) in [5.74, 6) is -5.38. The minimum absolute atomic E-state index is 0.0582. The van der Waals surface area contributed by atoms with Gasteiger partial charge in [0.1, 0.15) is 24.2 Å². The van der Waals surface area contributed by atoms with Gasteiger partial charge in [-0.05, 0) is 54.7 Å². The second-order valence-electron chi connectivity index (χ2n) is 11.7. The van der Waals surface area contributed by atoms with Crippen molar-refractivity contribution in [3.63, 3.8) is 0 Å². The van der Waals surface area contributed by atoms with Gasteiger partial charge in [0.05, 0.1) is 6.42 Å². The summed E-state index contributed by atoms with van der Waals surface area (Å²) in [7, 11) is 0. The highest BCUT2D eigenvalue weighted by molar-refractivity contribution is 6.12. The van der Waals surface area contributed by atoms with Crippen molar-refractivity contribution in [1.82, 2.24) is 14.8 Å². The number of carboxylic acids is 1. The molecule has 0 unspecified atom stereocenters. The van der Waals surface area contributed by atoms with Crippen LogP contribution in [0.2, 0.25) is 0 Å². The number of carboxylic acid groups (broad SMARTS) is 1. The number of para-hydroxylation sites is 1. The van der Waals surface area contributed by atoms with Crippen molar-refractivity contribution in [2.75, 3.05) is 11.4 Å². The highest BCUT2D eigenvalue weighted by Gasteiger charge is 2.58. The van der Waals surface area contributed by atoms with Gasteiger partial charge in [-0.2, -0.15) is 0 Å². The van der Waals surface area contributed by atoms with Crippen LogP contribution in [0.3, 0.4) is 0 Å². The third-order valence-corrected chi connectivity index (χ3v) is 7.86. The van der Waals surface area contributed by atoms with Crippen molar-refractivity contribution in [1.29, 1.82) is 0 Å². The Balaban J connectivity index is 1.74. The quantitative estimate of drug-likeness (QED) is 0.160. The van der Waals surface area contributed by atoms with E-state index in [2.05, 4.69) is 4.98 Å². The van der Waals surface area contributed by atoms with E-state index in [9.17, 15) is 28.8 Å². The predicted octanol–water partition coefficient (Wildman–Crippen LogP) is 3.08. The van der Waals surface area contributed by atoms with Gasteiger partial charge >= 0.3 is 23.9 Å². The van der Waals surface area contributed by atoms with Gasteiger partial charge in [-0.3, -0.25) is 24.3 Å². The number of ether oxygens (including phenoxy) is 1. The number of anilines is 1. The lowest BCUT2D eigenvalue weighted by Crippen LogP contribution is -2.54. The minimum Gasteiger partial charge on any atom is -0.481 e. The maximum absolute atomic E-state index is 14.5. The van der Waals surface area contributed by atoms with Crippen LogP contribution in [0.15, 0.2) is 85.2 Å². The largest absolute Gasteiger partial charge is 0.481 e. The van der Waals surface area contributed by atoms with Crippen LogP contribution in [-0.2, 0) is 40.8 Å². The zero-order valence-electron chi connectivity index (χ0n) is 26.3. The average molecular weight is 644 g/mol. The molecule has 13 heteroatoms. The number of aliphatic carboxylic acids is 1. The molecular formula is C34H37N5O8. The summed E-state index contributed by atoms with van der Waals surface area (Å²) in [4.78, 5) is 87.1. The number of urea groups is 1. The Morgan fingerprint density at radius 1 is 0.957 bits per heavy atom. The molecule has 0 aliphatic carbocycles. The van der Waals surface area contributed by atoms with Gasteiger partial charge in [-0.1, -0.05) is 62.4 Å². The Hall–Kier alpha value is -5.43. The number of carbonyl (C=O) groups excluding carboxylic acids is 5. The fourth-order valence-corrected chi connectivity index (χ4v) is 5.45. The topological polar surface area (TPSA) is 181 Å². The predicted molar refractivity (Wildman–Crippen MR) is 169 cm³/mol. The maximum Gasteiger partial charge on any atom is 0.333 e. The van der Waals surface area contributed by atoms with E-state index >= 15 is 0 Å². The normalized spacial score (nSPS) is 17.4. The molecule has 246 valence electrons. The number of benzene rings is 2. The number of rotatable bonds is 13. The van der Waals surface area contributed by atoms with Gasteiger partial charge in [0.2, 0.25) is 0 Å². The zero-order chi connectivity index (χ0) is 34.3. The van der Waals surface area contributed by atoms with Crippen molar-refractivity contribution in [2.24, 2.45) is 11.7 Å². The summed E-state index contributed by atoms with van der Waals surface area (Å²) >= 11 is 0. The van der Waals surface area contributed by atoms with E-state index in [1.165, 1.54) is 17.3 Å². The first-order valence-corrected chi connectivity index (χ1v) is 15.0. The van der Waals surface area contributed by atoms with Crippen LogP contribution in [-0.4, -0.2) is 74.3 Å². The van der Waals surface area contributed by atoms with Gasteiger partial charge in [0.15, 0.2) is 0 Å². The van der Waals surface area contributed by atoms with Crippen LogP contribution in [0.1, 0.15) is 44.7 Å². The molecule has 2 aromatic carbocycles. The smallest absolute Gasteiger partial charge is 0.333 e. The van der Waals surface area contributed by atoms with Crippen molar-refractivity contribution >= 4 is 41.4 Å². The molecule has 0 saturated carbocycles. The molecule has 0 radical (unpaired) electrons. The number of hydrogen-bond donors (Lipinski definition) is 2. The van der Waals surface area contributed by atoms with Crippen LogP contribution in [0.5, 0.6) is 0 Å². The van der Waals surface area contributed by atoms with E-state index in [1.54, 1.807) is 49.4 Å². The van der Waals surface area contributed by atoms with Gasteiger partial charge in [0, 0.05) is 24.6 Å². The lowest BCUT2D eigenvalue weighted by molar-refractivity contribution is -0.161.